The third-order valence-corrected chi connectivity index (χ3v) is 5.17. The van der Waals surface area contributed by atoms with Crippen molar-refractivity contribution in [2.45, 2.75) is 6.04 Å². The number of benzene rings is 1. The molecule has 4 aromatic rings. The molecule has 0 bridgehead atoms. The number of imidazole rings is 1. The summed E-state index contributed by atoms with van der Waals surface area (Å²) in [5, 5.41) is 7.42. The molecule has 1 N–H and O–H groups in total. The van der Waals surface area contributed by atoms with Crippen molar-refractivity contribution in [3.8, 4) is 23.0 Å². The van der Waals surface area contributed by atoms with Crippen molar-refractivity contribution >= 4 is 5.91 Å². The lowest BCUT2D eigenvalue weighted by Gasteiger charge is -2.33. The normalized spacial score (nSPS) is 16.1. The summed E-state index contributed by atoms with van der Waals surface area (Å²) in [6, 6.07) is 12.6. The predicted molar refractivity (Wildman–Crippen MR) is 114 cm³/mol. The van der Waals surface area contributed by atoms with Gasteiger partial charge >= 0.3 is 0 Å². The molecule has 1 aliphatic heterocycles. The molecule has 10 heteroatoms. The van der Waals surface area contributed by atoms with Crippen molar-refractivity contribution in [3.05, 3.63) is 73.3 Å². The van der Waals surface area contributed by atoms with Crippen LogP contribution in [-0.4, -0.2) is 61.7 Å². The molecule has 1 saturated heterocycles. The number of hydrogen-bond acceptors (Lipinski definition) is 8. The van der Waals surface area contributed by atoms with Gasteiger partial charge in [-0.3, -0.25) is 9.36 Å². The molecular weight excluding hydrogens is 410 g/mol. The fourth-order valence-corrected chi connectivity index (χ4v) is 3.55. The monoisotopic (exact) mass is 431 g/mol. The van der Waals surface area contributed by atoms with Gasteiger partial charge in [-0.1, -0.05) is 23.4 Å². The summed E-state index contributed by atoms with van der Waals surface area (Å²) in [7, 11) is 0. The Hall–Kier alpha value is -4.05. The van der Waals surface area contributed by atoms with E-state index in [-0.39, 0.29) is 18.6 Å². The highest BCUT2D eigenvalue weighted by atomic mass is 16.5. The van der Waals surface area contributed by atoms with Gasteiger partial charge in [-0.2, -0.15) is 4.98 Å². The van der Waals surface area contributed by atoms with E-state index >= 15 is 0 Å². The lowest BCUT2D eigenvalue weighted by molar-refractivity contribution is -0.137. The van der Waals surface area contributed by atoms with Crippen molar-refractivity contribution in [2.75, 3.05) is 26.2 Å². The second-order valence-electron chi connectivity index (χ2n) is 7.24. The van der Waals surface area contributed by atoms with E-state index in [0.29, 0.717) is 42.9 Å². The fraction of sp³-hybridized carbons (Fsp3) is 0.227. The summed E-state index contributed by atoms with van der Waals surface area (Å²) < 4.78 is 13.0. The van der Waals surface area contributed by atoms with Crippen LogP contribution >= 0.6 is 0 Å². The zero-order valence-electron chi connectivity index (χ0n) is 17.2. The number of hydrogen-bond donors (Lipinski definition) is 1. The summed E-state index contributed by atoms with van der Waals surface area (Å²) in [6.07, 6.45) is 6.84. The lowest BCUT2D eigenvalue weighted by Crippen LogP contribution is -2.50. The van der Waals surface area contributed by atoms with Crippen LogP contribution in [0.5, 0.6) is 5.75 Å². The molecule has 1 aromatic carbocycles. The zero-order valence-corrected chi connectivity index (χ0v) is 17.2. The molecular formula is C22H21N7O3. The van der Waals surface area contributed by atoms with Gasteiger partial charge in [-0.25, -0.2) is 9.97 Å². The van der Waals surface area contributed by atoms with Gasteiger partial charge in [0.1, 0.15) is 23.9 Å². The third-order valence-electron chi connectivity index (χ3n) is 5.17. The van der Waals surface area contributed by atoms with Crippen molar-refractivity contribution in [3.63, 3.8) is 0 Å². The molecule has 1 amide bonds. The fourth-order valence-electron chi connectivity index (χ4n) is 3.55. The molecule has 32 heavy (non-hydrogen) atoms. The molecule has 0 aliphatic carbocycles. The standard InChI is InChI=1S/C22H21N7O3/c30-20(14-31-17-4-2-1-3-5-17)29-11-9-23-13-18(29)22-26-21(27-32-22)16-6-7-25-19(12-16)28-10-8-24-15-28/h1-8,10,12,15,18,23H,9,11,13-14H2. The number of carbonyl (C=O) groups is 1. The van der Waals surface area contributed by atoms with Crippen molar-refractivity contribution in [1.82, 2.24) is 34.9 Å². The second-order valence-corrected chi connectivity index (χ2v) is 7.24. The molecule has 0 saturated carbocycles. The van der Waals surface area contributed by atoms with E-state index in [4.69, 9.17) is 9.26 Å². The maximum absolute atomic E-state index is 12.9. The van der Waals surface area contributed by atoms with Gasteiger partial charge in [0.2, 0.25) is 5.82 Å². The maximum Gasteiger partial charge on any atom is 0.261 e. The number of nitrogens with zero attached hydrogens (tertiary/aromatic N) is 6. The SMILES string of the molecule is O=C(COc1ccccc1)N1CCNCC1c1nc(-c2ccnc(-n3ccnc3)c2)no1. The minimum absolute atomic E-state index is 0.0554. The average Bonchev–Trinajstić information content (AvgIpc) is 3.56. The molecule has 162 valence electrons. The van der Waals surface area contributed by atoms with E-state index in [1.165, 1.54) is 0 Å². The maximum atomic E-state index is 12.9. The molecule has 0 radical (unpaired) electrons. The summed E-state index contributed by atoms with van der Waals surface area (Å²) in [5.74, 6) is 2.02. The minimum Gasteiger partial charge on any atom is -0.484 e. The van der Waals surface area contributed by atoms with Crippen LogP contribution in [0, 0.1) is 0 Å². The highest BCUT2D eigenvalue weighted by Crippen LogP contribution is 2.25. The van der Waals surface area contributed by atoms with E-state index in [9.17, 15) is 4.79 Å². The lowest BCUT2D eigenvalue weighted by atomic mass is 10.2. The van der Waals surface area contributed by atoms with Gasteiger partial charge in [-0.15, -0.1) is 0 Å². The van der Waals surface area contributed by atoms with Crippen LogP contribution in [0.25, 0.3) is 17.2 Å². The number of aromatic nitrogens is 5. The Morgan fingerprint density at radius 1 is 1.22 bits per heavy atom. The van der Waals surface area contributed by atoms with E-state index in [0.717, 1.165) is 5.56 Å². The van der Waals surface area contributed by atoms with Gasteiger partial charge in [-0.05, 0) is 24.3 Å². The molecule has 1 atom stereocenters. The van der Waals surface area contributed by atoms with Crippen LogP contribution < -0.4 is 10.1 Å². The Morgan fingerprint density at radius 3 is 2.97 bits per heavy atom. The summed E-state index contributed by atoms with van der Waals surface area (Å²) >= 11 is 0. The third kappa shape index (κ3) is 4.21. The Balaban J connectivity index is 1.33. The van der Waals surface area contributed by atoms with Crippen LogP contribution in [0.2, 0.25) is 0 Å². The highest BCUT2D eigenvalue weighted by molar-refractivity contribution is 5.78. The first-order valence-electron chi connectivity index (χ1n) is 10.2. The van der Waals surface area contributed by atoms with Crippen molar-refractivity contribution < 1.29 is 14.1 Å². The molecule has 10 nitrogen and oxygen atoms in total. The van der Waals surface area contributed by atoms with E-state index in [1.807, 2.05) is 48.7 Å². The second kappa shape index (κ2) is 8.98. The van der Waals surface area contributed by atoms with Crippen molar-refractivity contribution in [1.29, 1.82) is 0 Å². The molecule has 1 fully saturated rings. The van der Waals surface area contributed by atoms with Crippen LogP contribution in [-0.2, 0) is 4.79 Å². The van der Waals surface area contributed by atoms with Gasteiger partial charge in [0.05, 0.1) is 0 Å². The molecule has 1 aliphatic rings. The number of carbonyl (C=O) groups excluding carboxylic acids is 1. The number of ether oxygens (including phenoxy) is 1. The number of rotatable bonds is 6. The first-order chi connectivity index (χ1) is 15.8. The average molecular weight is 431 g/mol. The Labute approximate surface area is 183 Å². The van der Waals surface area contributed by atoms with Crippen LogP contribution in [0.3, 0.4) is 0 Å². The van der Waals surface area contributed by atoms with Gasteiger partial charge < -0.3 is 19.5 Å². The molecule has 4 heterocycles. The molecule has 1 unspecified atom stereocenters. The first-order valence-corrected chi connectivity index (χ1v) is 10.2. The number of para-hydroxylation sites is 1. The zero-order chi connectivity index (χ0) is 21.8. The predicted octanol–water partition coefficient (Wildman–Crippen LogP) is 1.87. The smallest absolute Gasteiger partial charge is 0.261 e. The number of pyridine rings is 1. The molecule has 3 aromatic heterocycles. The Kier molecular flexibility index (Phi) is 5.58. The Bertz CT molecular complexity index is 1180. The first kappa shape index (κ1) is 19.9. The highest BCUT2D eigenvalue weighted by Gasteiger charge is 2.32. The largest absolute Gasteiger partial charge is 0.484 e. The number of amides is 1. The number of piperazine rings is 1. The van der Waals surface area contributed by atoms with Crippen LogP contribution in [0.15, 0.2) is 71.9 Å². The van der Waals surface area contributed by atoms with Crippen LogP contribution in [0.4, 0.5) is 0 Å². The van der Waals surface area contributed by atoms with E-state index in [1.54, 1.807) is 28.2 Å². The van der Waals surface area contributed by atoms with Crippen LogP contribution in [0.1, 0.15) is 11.9 Å². The van der Waals surface area contributed by atoms with E-state index in [2.05, 4.69) is 25.4 Å². The van der Waals surface area contributed by atoms with E-state index < -0.39 is 0 Å². The van der Waals surface area contributed by atoms with Crippen molar-refractivity contribution in [2.24, 2.45) is 0 Å². The minimum atomic E-state index is -0.369. The molecule has 5 rings (SSSR count). The quantitative estimate of drug-likeness (QED) is 0.493. The molecule has 0 spiro atoms. The topological polar surface area (TPSA) is 111 Å². The summed E-state index contributed by atoms with van der Waals surface area (Å²) in [4.78, 5) is 27.6. The van der Waals surface area contributed by atoms with Gasteiger partial charge in [0.15, 0.2) is 6.61 Å². The summed E-state index contributed by atoms with van der Waals surface area (Å²) in [5.41, 5.74) is 0.757. The number of nitrogens with one attached hydrogen (secondary N) is 1. The summed E-state index contributed by atoms with van der Waals surface area (Å²) in [6.45, 7) is 1.68. The van der Waals surface area contributed by atoms with Gasteiger partial charge in [0, 0.05) is 43.8 Å². The Morgan fingerprint density at radius 2 is 2.12 bits per heavy atom. The van der Waals surface area contributed by atoms with Gasteiger partial charge in [0.25, 0.3) is 11.8 Å².